The fourth-order valence-electron chi connectivity index (χ4n) is 1.96. The highest BCUT2D eigenvalue weighted by Gasteiger charge is 2.54. The highest BCUT2D eigenvalue weighted by atomic mass is 127. The number of hydrogen-bond acceptors (Lipinski definition) is 4. The number of halogens is 1. The summed E-state index contributed by atoms with van der Waals surface area (Å²) in [4.78, 5) is 0. The first-order valence-corrected chi connectivity index (χ1v) is 6.20. The molecule has 0 amide bonds. The van der Waals surface area contributed by atoms with E-state index in [4.69, 9.17) is 18.9 Å². The summed E-state index contributed by atoms with van der Waals surface area (Å²) in [5.74, 6) is -0.553. The zero-order valence-corrected chi connectivity index (χ0v) is 10.7. The van der Waals surface area contributed by atoms with Gasteiger partial charge in [0.05, 0.1) is 6.10 Å². The minimum absolute atomic E-state index is 0.0151. The highest BCUT2D eigenvalue weighted by molar-refractivity contribution is 14.1. The van der Waals surface area contributed by atoms with Gasteiger partial charge in [-0.25, -0.2) is 0 Å². The molecule has 0 aromatic heterocycles. The van der Waals surface area contributed by atoms with Gasteiger partial charge in [-0.05, 0) is 13.8 Å². The van der Waals surface area contributed by atoms with Crippen molar-refractivity contribution in [2.45, 2.75) is 44.2 Å². The van der Waals surface area contributed by atoms with Gasteiger partial charge in [-0.3, -0.25) is 0 Å². The van der Waals surface area contributed by atoms with E-state index in [-0.39, 0.29) is 24.6 Å². The molecule has 2 fully saturated rings. The van der Waals surface area contributed by atoms with Crippen molar-refractivity contribution in [3.05, 3.63) is 0 Å². The SMILES string of the molecule is CO[C@H]1[C@@H]2OC(C)(C)O[C@@H]2O[C@@H]1CI. The molecule has 2 saturated heterocycles. The van der Waals surface area contributed by atoms with Crippen LogP contribution in [0.5, 0.6) is 0 Å². The van der Waals surface area contributed by atoms with Crippen molar-refractivity contribution >= 4 is 22.6 Å². The van der Waals surface area contributed by atoms with Gasteiger partial charge in [0.15, 0.2) is 12.1 Å². The fraction of sp³-hybridized carbons (Fsp3) is 1.00. The Labute approximate surface area is 97.4 Å². The number of ether oxygens (including phenoxy) is 4. The summed E-state index contributed by atoms with van der Waals surface area (Å²) >= 11 is 2.28. The molecular formula is C9H15IO4. The number of alkyl halides is 1. The van der Waals surface area contributed by atoms with Crippen LogP contribution in [0.2, 0.25) is 0 Å². The molecule has 0 saturated carbocycles. The zero-order chi connectivity index (χ0) is 10.3. The third-order valence-electron chi connectivity index (χ3n) is 2.51. The Morgan fingerprint density at radius 2 is 2.07 bits per heavy atom. The molecule has 0 unspecified atom stereocenters. The minimum Gasteiger partial charge on any atom is -0.376 e. The molecule has 4 atom stereocenters. The second kappa shape index (κ2) is 3.86. The maximum Gasteiger partial charge on any atom is 0.190 e. The summed E-state index contributed by atoms with van der Waals surface area (Å²) in [6.45, 7) is 3.78. The summed E-state index contributed by atoms with van der Waals surface area (Å²) in [6.07, 6.45) is -0.296. The molecule has 0 aliphatic carbocycles. The van der Waals surface area contributed by atoms with Crippen molar-refractivity contribution < 1.29 is 18.9 Å². The van der Waals surface area contributed by atoms with Gasteiger partial charge in [0, 0.05) is 11.5 Å². The Kier molecular flexibility index (Phi) is 3.05. The van der Waals surface area contributed by atoms with Gasteiger partial charge < -0.3 is 18.9 Å². The van der Waals surface area contributed by atoms with Crippen LogP contribution in [0.3, 0.4) is 0 Å². The Morgan fingerprint density at radius 3 is 2.64 bits per heavy atom. The van der Waals surface area contributed by atoms with Crippen molar-refractivity contribution in [2.75, 3.05) is 11.5 Å². The van der Waals surface area contributed by atoms with Gasteiger partial charge in [-0.15, -0.1) is 0 Å². The minimum atomic E-state index is -0.553. The lowest BCUT2D eigenvalue weighted by atomic mass is 10.1. The van der Waals surface area contributed by atoms with Crippen molar-refractivity contribution in [2.24, 2.45) is 0 Å². The van der Waals surface area contributed by atoms with Crippen LogP contribution in [0.1, 0.15) is 13.8 Å². The summed E-state index contributed by atoms with van der Waals surface area (Å²) in [5, 5.41) is 0. The third-order valence-corrected chi connectivity index (χ3v) is 3.38. The average molecular weight is 314 g/mol. The van der Waals surface area contributed by atoms with Gasteiger partial charge in [0.2, 0.25) is 0 Å². The molecule has 0 aromatic carbocycles. The molecule has 5 heteroatoms. The van der Waals surface area contributed by atoms with Crippen LogP contribution in [0.4, 0.5) is 0 Å². The molecule has 82 valence electrons. The molecule has 14 heavy (non-hydrogen) atoms. The summed E-state index contributed by atoms with van der Waals surface area (Å²) in [6, 6.07) is 0. The van der Waals surface area contributed by atoms with E-state index < -0.39 is 5.79 Å². The molecule has 0 N–H and O–H groups in total. The fourth-order valence-corrected chi connectivity index (χ4v) is 2.67. The van der Waals surface area contributed by atoms with Gasteiger partial charge >= 0.3 is 0 Å². The lowest BCUT2D eigenvalue weighted by Gasteiger charge is -2.23. The largest absolute Gasteiger partial charge is 0.376 e. The predicted molar refractivity (Wildman–Crippen MR) is 58.4 cm³/mol. The number of fused-ring (bicyclic) bond motifs is 1. The zero-order valence-electron chi connectivity index (χ0n) is 8.53. The molecule has 0 bridgehead atoms. The van der Waals surface area contributed by atoms with Gasteiger partial charge in [-0.1, -0.05) is 22.6 Å². The van der Waals surface area contributed by atoms with Gasteiger partial charge in [0.25, 0.3) is 0 Å². The van der Waals surface area contributed by atoms with Crippen LogP contribution in [0.15, 0.2) is 0 Å². The Hall–Kier alpha value is 0.570. The normalized spacial score (nSPS) is 45.4. The maximum atomic E-state index is 5.73. The van der Waals surface area contributed by atoms with E-state index in [1.807, 2.05) is 13.8 Å². The van der Waals surface area contributed by atoms with E-state index in [2.05, 4.69) is 22.6 Å². The molecule has 2 aliphatic heterocycles. The molecule has 2 rings (SSSR count). The summed E-state index contributed by atoms with van der Waals surface area (Å²) in [5.41, 5.74) is 0. The van der Waals surface area contributed by atoms with Crippen molar-refractivity contribution in [1.29, 1.82) is 0 Å². The first-order valence-electron chi connectivity index (χ1n) is 4.67. The van der Waals surface area contributed by atoms with Crippen molar-refractivity contribution in [3.63, 3.8) is 0 Å². The molecule has 0 radical (unpaired) electrons. The van der Waals surface area contributed by atoms with E-state index in [0.717, 1.165) is 4.43 Å². The van der Waals surface area contributed by atoms with E-state index in [0.29, 0.717) is 0 Å². The molecular weight excluding hydrogens is 299 g/mol. The van der Waals surface area contributed by atoms with Crippen LogP contribution in [0, 0.1) is 0 Å². The predicted octanol–water partition coefficient (Wildman–Crippen LogP) is 1.31. The smallest absolute Gasteiger partial charge is 0.190 e. The quantitative estimate of drug-likeness (QED) is 0.569. The Bertz CT molecular complexity index is 221. The van der Waals surface area contributed by atoms with E-state index >= 15 is 0 Å². The van der Waals surface area contributed by atoms with Gasteiger partial charge in [0.1, 0.15) is 12.2 Å². The molecule has 0 aromatic rings. The molecule has 2 heterocycles. The summed E-state index contributed by atoms with van der Waals surface area (Å²) in [7, 11) is 1.68. The maximum absolute atomic E-state index is 5.73. The van der Waals surface area contributed by atoms with E-state index in [1.165, 1.54) is 0 Å². The summed E-state index contributed by atoms with van der Waals surface area (Å²) < 4.78 is 23.3. The van der Waals surface area contributed by atoms with Crippen molar-refractivity contribution in [3.8, 4) is 0 Å². The van der Waals surface area contributed by atoms with Crippen LogP contribution in [0.25, 0.3) is 0 Å². The number of hydrogen-bond donors (Lipinski definition) is 0. The topological polar surface area (TPSA) is 36.9 Å². The molecule has 0 spiro atoms. The van der Waals surface area contributed by atoms with Crippen LogP contribution in [-0.4, -0.2) is 41.9 Å². The number of rotatable bonds is 2. The lowest BCUT2D eigenvalue weighted by Crippen LogP contribution is -2.36. The molecule has 4 nitrogen and oxygen atoms in total. The van der Waals surface area contributed by atoms with Crippen LogP contribution in [-0.2, 0) is 18.9 Å². The van der Waals surface area contributed by atoms with E-state index in [1.54, 1.807) is 7.11 Å². The second-order valence-electron chi connectivity index (χ2n) is 4.00. The average Bonchev–Trinajstić information content (AvgIpc) is 2.55. The Morgan fingerprint density at radius 1 is 1.36 bits per heavy atom. The highest BCUT2D eigenvalue weighted by Crippen LogP contribution is 2.38. The van der Waals surface area contributed by atoms with E-state index in [9.17, 15) is 0 Å². The lowest BCUT2D eigenvalue weighted by molar-refractivity contribution is -0.213. The first-order chi connectivity index (χ1) is 6.57. The van der Waals surface area contributed by atoms with Crippen molar-refractivity contribution in [1.82, 2.24) is 0 Å². The third kappa shape index (κ3) is 1.80. The monoisotopic (exact) mass is 314 g/mol. The first kappa shape index (κ1) is 11.1. The van der Waals surface area contributed by atoms with Crippen LogP contribution >= 0.6 is 22.6 Å². The Balaban J connectivity index is 2.09. The standard InChI is InChI=1S/C9H15IO4/c1-9(2)13-7-6(11-3)5(4-10)12-8(7)14-9/h5-8H,4H2,1-3H3/t5-,6-,7+,8+/m1/s1. The second-order valence-corrected chi connectivity index (χ2v) is 4.88. The van der Waals surface area contributed by atoms with Crippen LogP contribution < -0.4 is 0 Å². The van der Waals surface area contributed by atoms with Gasteiger partial charge in [-0.2, -0.15) is 0 Å². The number of methoxy groups -OCH3 is 1. The molecule has 2 aliphatic rings.